The van der Waals surface area contributed by atoms with Crippen LogP contribution >= 0.6 is 11.8 Å². The van der Waals surface area contributed by atoms with E-state index in [9.17, 15) is 4.79 Å². The highest BCUT2D eigenvalue weighted by Crippen LogP contribution is 2.55. The zero-order valence-corrected chi connectivity index (χ0v) is 20.0. The maximum absolute atomic E-state index is 13.7. The minimum Gasteiger partial charge on any atom is -0.379 e. The van der Waals surface area contributed by atoms with E-state index >= 15 is 0 Å². The molecular weight excluding hydrogens is 418 g/mol. The van der Waals surface area contributed by atoms with Gasteiger partial charge in [0.25, 0.3) is 5.91 Å². The number of fused-ring (bicyclic) bond motifs is 1. The van der Waals surface area contributed by atoms with E-state index in [2.05, 4.69) is 45.4 Å². The second kappa shape index (κ2) is 8.37. The third-order valence-electron chi connectivity index (χ3n) is 8.50. The summed E-state index contributed by atoms with van der Waals surface area (Å²) in [5.41, 5.74) is 2.11. The molecule has 2 aromatic rings. The van der Waals surface area contributed by atoms with Crippen LogP contribution in [0.2, 0.25) is 0 Å². The molecule has 6 heteroatoms. The number of hydrogen-bond acceptors (Lipinski definition) is 4. The van der Waals surface area contributed by atoms with Crippen LogP contribution in [0.1, 0.15) is 48.9 Å². The monoisotopic (exact) mass is 453 g/mol. The molecule has 1 aromatic carbocycles. The molecule has 1 aromatic heterocycles. The van der Waals surface area contributed by atoms with Crippen LogP contribution in [0.15, 0.2) is 29.3 Å². The standard InChI is InChI=1S/C26H35N3O2S/c1-32-23-4-2-3-21-22(17-29(24(21)23)6-5-28-7-9-31-10-8-28)25(30)27-26-14-18-11-19(15-26)13-20(12-18)16-26/h2-4,17-20H,5-16H2,1H3,(H,27,30). The van der Waals surface area contributed by atoms with Gasteiger partial charge in [-0.1, -0.05) is 12.1 Å². The molecule has 5 aliphatic rings. The van der Waals surface area contributed by atoms with E-state index < -0.39 is 0 Å². The summed E-state index contributed by atoms with van der Waals surface area (Å²) in [6.07, 6.45) is 12.0. The second-order valence-electron chi connectivity index (χ2n) is 10.7. The van der Waals surface area contributed by atoms with Gasteiger partial charge in [0.05, 0.1) is 24.3 Å². The van der Waals surface area contributed by atoms with Crippen LogP contribution in [-0.2, 0) is 11.3 Å². The number of ether oxygens (including phenoxy) is 1. The van der Waals surface area contributed by atoms with Gasteiger partial charge in [-0.2, -0.15) is 0 Å². The number of rotatable bonds is 6. The van der Waals surface area contributed by atoms with Crippen LogP contribution in [0.25, 0.3) is 10.9 Å². The first-order valence-electron chi connectivity index (χ1n) is 12.4. The Hall–Kier alpha value is -1.50. The van der Waals surface area contributed by atoms with Crippen LogP contribution in [0.4, 0.5) is 0 Å². The fraction of sp³-hybridized carbons (Fsp3) is 0.654. The van der Waals surface area contributed by atoms with Crippen molar-refractivity contribution in [2.24, 2.45) is 17.8 Å². The van der Waals surface area contributed by atoms with E-state index in [4.69, 9.17) is 4.74 Å². The summed E-state index contributed by atoms with van der Waals surface area (Å²) in [5, 5.41) is 4.70. The number of nitrogens with zero attached hydrogens (tertiary/aromatic N) is 2. The molecule has 2 heterocycles. The van der Waals surface area contributed by atoms with E-state index in [1.807, 2.05) is 0 Å². The SMILES string of the molecule is CSc1cccc2c(C(=O)NC34CC5CC(CC(C5)C3)C4)cn(CCN3CCOCC3)c12. The van der Waals surface area contributed by atoms with E-state index in [0.717, 1.165) is 68.1 Å². The minimum atomic E-state index is 0.0468. The smallest absolute Gasteiger partial charge is 0.253 e. The lowest BCUT2D eigenvalue weighted by molar-refractivity contribution is -0.0166. The molecule has 32 heavy (non-hydrogen) atoms. The first-order valence-corrected chi connectivity index (χ1v) is 13.6. The van der Waals surface area contributed by atoms with Crippen molar-refractivity contribution in [2.75, 3.05) is 39.1 Å². The summed E-state index contributed by atoms with van der Waals surface area (Å²) in [6.45, 7) is 5.52. The molecule has 1 saturated heterocycles. The summed E-state index contributed by atoms with van der Waals surface area (Å²) in [5.74, 6) is 2.64. The number of morpholine rings is 1. The molecule has 0 spiro atoms. The van der Waals surface area contributed by atoms with Crippen molar-refractivity contribution in [3.05, 3.63) is 30.0 Å². The molecule has 4 aliphatic carbocycles. The maximum Gasteiger partial charge on any atom is 0.253 e. The molecule has 0 unspecified atom stereocenters. The highest BCUT2D eigenvalue weighted by Gasteiger charge is 2.51. The fourth-order valence-corrected chi connectivity index (χ4v) is 8.13. The lowest BCUT2D eigenvalue weighted by Gasteiger charge is -2.56. The molecule has 5 nitrogen and oxygen atoms in total. The number of carbonyl (C=O) groups is 1. The van der Waals surface area contributed by atoms with Gasteiger partial charge in [0.2, 0.25) is 0 Å². The number of hydrogen-bond donors (Lipinski definition) is 1. The van der Waals surface area contributed by atoms with Gasteiger partial charge in [-0.15, -0.1) is 11.8 Å². The molecule has 1 amide bonds. The van der Waals surface area contributed by atoms with Gasteiger partial charge < -0.3 is 14.6 Å². The zero-order valence-electron chi connectivity index (χ0n) is 19.1. The Morgan fingerprint density at radius 1 is 1.09 bits per heavy atom. The largest absolute Gasteiger partial charge is 0.379 e. The molecule has 5 fully saturated rings. The van der Waals surface area contributed by atoms with Crippen molar-refractivity contribution in [2.45, 2.75) is 55.5 Å². The predicted octanol–water partition coefficient (Wildman–Crippen LogP) is 4.39. The summed E-state index contributed by atoms with van der Waals surface area (Å²) < 4.78 is 7.83. The zero-order chi connectivity index (χ0) is 21.7. The lowest BCUT2D eigenvalue weighted by atomic mass is 9.53. The number of thioether (sulfide) groups is 1. The topological polar surface area (TPSA) is 46.5 Å². The van der Waals surface area contributed by atoms with Crippen LogP contribution in [-0.4, -0.2) is 60.0 Å². The Labute approximate surface area is 195 Å². The molecule has 4 saturated carbocycles. The van der Waals surface area contributed by atoms with Crippen LogP contribution in [0, 0.1) is 17.8 Å². The third-order valence-corrected chi connectivity index (χ3v) is 9.27. The van der Waals surface area contributed by atoms with Crippen LogP contribution in [0.3, 0.4) is 0 Å². The number of aromatic nitrogens is 1. The fourth-order valence-electron chi connectivity index (χ4n) is 7.49. The van der Waals surface area contributed by atoms with E-state index in [1.54, 1.807) is 11.8 Å². The Morgan fingerprint density at radius 2 is 1.78 bits per heavy atom. The summed E-state index contributed by atoms with van der Waals surface area (Å²) in [7, 11) is 0. The average molecular weight is 454 g/mol. The van der Waals surface area contributed by atoms with Gasteiger partial charge in [0.15, 0.2) is 0 Å². The van der Waals surface area contributed by atoms with Crippen LogP contribution in [0.5, 0.6) is 0 Å². The first-order chi connectivity index (χ1) is 15.6. The van der Waals surface area contributed by atoms with Gasteiger partial charge >= 0.3 is 0 Å². The van der Waals surface area contributed by atoms with Crippen molar-refractivity contribution >= 4 is 28.6 Å². The van der Waals surface area contributed by atoms with E-state index in [0.29, 0.717) is 0 Å². The van der Waals surface area contributed by atoms with Crippen molar-refractivity contribution < 1.29 is 9.53 Å². The number of para-hydroxylation sites is 1. The van der Waals surface area contributed by atoms with Gasteiger partial charge in [-0.3, -0.25) is 9.69 Å². The highest BCUT2D eigenvalue weighted by atomic mass is 32.2. The molecule has 1 aliphatic heterocycles. The van der Waals surface area contributed by atoms with Crippen molar-refractivity contribution in [1.29, 1.82) is 0 Å². The van der Waals surface area contributed by atoms with Crippen molar-refractivity contribution in [1.82, 2.24) is 14.8 Å². The van der Waals surface area contributed by atoms with Crippen molar-refractivity contribution in [3.63, 3.8) is 0 Å². The minimum absolute atomic E-state index is 0.0468. The van der Waals surface area contributed by atoms with Gasteiger partial charge in [0.1, 0.15) is 0 Å². The van der Waals surface area contributed by atoms with E-state index in [1.165, 1.54) is 48.9 Å². The van der Waals surface area contributed by atoms with Crippen molar-refractivity contribution in [3.8, 4) is 0 Å². The third kappa shape index (κ3) is 3.78. The molecule has 4 bridgehead atoms. The van der Waals surface area contributed by atoms with Crippen LogP contribution < -0.4 is 5.32 Å². The molecule has 172 valence electrons. The highest BCUT2D eigenvalue weighted by molar-refractivity contribution is 7.98. The average Bonchev–Trinajstić information content (AvgIpc) is 3.16. The summed E-state index contributed by atoms with van der Waals surface area (Å²) >= 11 is 1.77. The molecular formula is C26H35N3O2S. The summed E-state index contributed by atoms with van der Waals surface area (Å²) in [4.78, 5) is 17.4. The van der Waals surface area contributed by atoms with E-state index in [-0.39, 0.29) is 11.4 Å². The Bertz CT molecular complexity index is 975. The number of amides is 1. The number of benzene rings is 1. The quantitative estimate of drug-likeness (QED) is 0.659. The van der Waals surface area contributed by atoms with Gasteiger partial charge in [-0.05, 0) is 68.6 Å². The number of carbonyl (C=O) groups excluding carboxylic acids is 1. The normalized spacial score (nSPS) is 32.0. The number of nitrogens with one attached hydrogen (secondary N) is 1. The predicted molar refractivity (Wildman–Crippen MR) is 129 cm³/mol. The first kappa shape index (κ1) is 21.1. The Kier molecular flexibility index (Phi) is 5.51. The summed E-state index contributed by atoms with van der Waals surface area (Å²) in [6, 6.07) is 6.41. The Morgan fingerprint density at radius 3 is 2.44 bits per heavy atom. The molecule has 0 radical (unpaired) electrons. The van der Waals surface area contributed by atoms with Gasteiger partial charge in [0, 0.05) is 48.2 Å². The lowest BCUT2D eigenvalue weighted by Crippen LogP contribution is -2.59. The molecule has 0 atom stereocenters. The molecule has 7 rings (SSSR count). The van der Waals surface area contributed by atoms with Gasteiger partial charge in [-0.25, -0.2) is 0 Å². The second-order valence-corrected chi connectivity index (χ2v) is 11.5. The maximum atomic E-state index is 13.7. The molecule has 1 N–H and O–H groups in total. The Balaban J connectivity index is 1.28.